The maximum atomic E-state index is 10.9. The quantitative estimate of drug-likeness (QED) is 0.547. The monoisotopic (exact) mass is 352 g/mol. The van der Waals surface area contributed by atoms with E-state index in [1.165, 1.54) is 17.7 Å². The summed E-state index contributed by atoms with van der Waals surface area (Å²) >= 11 is 0. The summed E-state index contributed by atoms with van der Waals surface area (Å²) in [5.41, 5.74) is 1.91. The number of rotatable bonds is 5. The number of nitrogens with one attached hydrogen (secondary N) is 1. The standard InChI is InChI=1S/C19H20N4O3/c1-19(2,3)14-7-9-16(10-8-14)26-12-17-20-18(22-21-17)13-5-4-6-15(11-13)23(24)25/h4-11H,12H2,1-3H3,(H,20,21,22). The van der Waals surface area contributed by atoms with Crippen LogP contribution in [0.5, 0.6) is 5.75 Å². The molecular formula is C19H20N4O3. The van der Waals surface area contributed by atoms with E-state index in [-0.39, 0.29) is 17.7 Å². The van der Waals surface area contributed by atoms with E-state index < -0.39 is 4.92 Å². The molecule has 2 aromatic carbocycles. The largest absolute Gasteiger partial charge is 0.486 e. The maximum absolute atomic E-state index is 10.9. The van der Waals surface area contributed by atoms with Gasteiger partial charge >= 0.3 is 0 Å². The molecule has 134 valence electrons. The fourth-order valence-corrected chi connectivity index (χ4v) is 2.45. The number of aromatic nitrogens is 3. The number of nitrogens with zero attached hydrogens (tertiary/aromatic N) is 3. The summed E-state index contributed by atoms with van der Waals surface area (Å²) in [6.45, 7) is 6.71. The molecule has 0 radical (unpaired) electrons. The Bertz CT molecular complexity index is 911. The topological polar surface area (TPSA) is 93.9 Å². The zero-order valence-corrected chi connectivity index (χ0v) is 14.9. The van der Waals surface area contributed by atoms with Crippen LogP contribution >= 0.6 is 0 Å². The predicted octanol–water partition coefficient (Wildman–Crippen LogP) is 4.26. The summed E-state index contributed by atoms with van der Waals surface area (Å²) in [5, 5.41) is 17.8. The van der Waals surface area contributed by atoms with Crippen LogP contribution in [0.3, 0.4) is 0 Å². The maximum Gasteiger partial charge on any atom is 0.270 e. The van der Waals surface area contributed by atoms with Crippen LogP contribution in [-0.4, -0.2) is 20.1 Å². The number of benzene rings is 2. The molecule has 1 aromatic heterocycles. The van der Waals surface area contributed by atoms with Crippen LogP contribution in [0.4, 0.5) is 5.69 Å². The molecule has 26 heavy (non-hydrogen) atoms. The van der Waals surface area contributed by atoms with Gasteiger partial charge in [0.1, 0.15) is 12.4 Å². The third-order valence-corrected chi connectivity index (χ3v) is 3.94. The van der Waals surface area contributed by atoms with Crippen molar-refractivity contribution in [2.45, 2.75) is 32.8 Å². The van der Waals surface area contributed by atoms with Gasteiger partial charge in [0.15, 0.2) is 11.6 Å². The minimum atomic E-state index is -0.443. The molecule has 0 amide bonds. The molecule has 7 nitrogen and oxygen atoms in total. The molecule has 0 saturated carbocycles. The van der Waals surface area contributed by atoms with Gasteiger partial charge in [0.2, 0.25) is 0 Å². The van der Waals surface area contributed by atoms with Gasteiger partial charge in [-0.2, -0.15) is 5.10 Å². The molecule has 0 saturated heterocycles. The highest BCUT2D eigenvalue weighted by atomic mass is 16.6. The van der Waals surface area contributed by atoms with E-state index in [4.69, 9.17) is 4.74 Å². The zero-order valence-electron chi connectivity index (χ0n) is 14.9. The Balaban J connectivity index is 1.67. The minimum absolute atomic E-state index is 0.00374. The minimum Gasteiger partial charge on any atom is -0.486 e. The summed E-state index contributed by atoms with van der Waals surface area (Å²) in [5.74, 6) is 1.69. The normalized spacial score (nSPS) is 11.3. The molecule has 0 spiro atoms. The fraction of sp³-hybridized carbons (Fsp3) is 0.263. The Morgan fingerprint density at radius 1 is 1.15 bits per heavy atom. The molecule has 1 N–H and O–H groups in total. The summed E-state index contributed by atoms with van der Waals surface area (Å²) in [4.78, 5) is 14.8. The third kappa shape index (κ3) is 4.05. The van der Waals surface area contributed by atoms with Crippen molar-refractivity contribution in [1.82, 2.24) is 15.2 Å². The van der Waals surface area contributed by atoms with Crippen molar-refractivity contribution in [3.05, 3.63) is 70.0 Å². The molecule has 7 heteroatoms. The van der Waals surface area contributed by atoms with Crippen LogP contribution in [0.15, 0.2) is 48.5 Å². The number of non-ortho nitro benzene ring substituents is 1. The molecule has 0 unspecified atom stereocenters. The number of aromatic amines is 1. The first-order valence-electron chi connectivity index (χ1n) is 8.22. The number of ether oxygens (including phenoxy) is 1. The smallest absolute Gasteiger partial charge is 0.270 e. The van der Waals surface area contributed by atoms with Crippen molar-refractivity contribution in [2.75, 3.05) is 0 Å². The van der Waals surface area contributed by atoms with Crippen molar-refractivity contribution in [2.24, 2.45) is 0 Å². The molecule has 0 atom stereocenters. The predicted molar refractivity (Wildman–Crippen MR) is 97.9 cm³/mol. The summed E-state index contributed by atoms with van der Waals surface area (Å²) in [7, 11) is 0. The van der Waals surface area contributed by atoms with E-state index >= 15 is 0 Å². The van der Waals surface area contributed by atoms with E-state index in [0.717, 1.165) is 5.75 Å². The lowest BCUT2D eigenvalue weighted by molar-refractivity contribution is -0.384. The Morgan fingerprint density at radius 2 is 1.88 bits per heavy atom. The van der Waals surface area contributed by atoms with Gasteiger partial charge in [-0.15, -0.1) is 0 Å². The molecule has 3 rings (SSSR count). The fourth-order valence-electron chi connectivity index (χ4n) is 2.45. The van der Waals surface area contributed by atoms with Crippen LogP contribution in [0, 0.1) is 10.1 Å². The lowest BCUT2D eigenvalue weighted by Gasteiger charge is -2.19. The highest BCUT2D eigenvalue weighted by Crippen LogP contribution is 2.25. The summed E-state index contributed by atoms with van der Waals surface area (Å²) < 4.78 is 5.73. The SMILES string of the molecule is CC(C)(C)c1ccc(OCc2nc(-c3cccc([N+](=O)[O-])c3)n[nH]2)cc1. The van der Waals surface area contributed by atoms with Gasteiger partial charge in [0, 0.05) is 17.7 Å². The molecule has 3 aromatic rings. The Hall–Kier alpha value is -3.22. The van der Waals surface area contributed by atoms with Crippen LogP contribution < -0.4 is 4.74 Å². The number of nitro benzene ring substituents is 1. The van der Waals surface area contributed by atoms with Crippen molar-refractivity contribution in [3.8, 4) is 17.1 Å². The van der Waals surface area contributed by atoms with Gasteiger partial charge in [-0.3, -0.25) is 15.2 Å². The summed E-state index contributed by atoms with van der Waals surface area (Å²) in [6.07, 6.45) is 0. The van der Waals surface area contributed by atoms with Crippen LogP contribution in [0.2, 0.25) is 0 Å². The first kappa shape index (κ1) is 17.6. The summed E-state index contributed by atoms with van der Waals surface area (Å²) in [6, 6.07) is 14.2. The second-order valence-electron chi connectivity index (χ2n) is 6.98. The average molecular weight is 352 g/mol. The van der Waals surface area contributed by atoms with Crippen molar-refractivity contribution >= 4 is 5.69 Å². The number of nitro groups is 1. The highest BCUT2D eigenvalue weighted by molar-refractivity contribution is 5.58. The van der Waals surface area contributed by atoms with Crippen molar-refractivity contribution in [3.63, 3.8) is 0 Å². The molecule has 1 heterocycles. The van der Waals surface area contributed by atoms with Gasteiger partial charge < -0.3 is 4.74 Å². The van der Waals surface area contributed by atoms with Crippen LogP contribution in [-0.2, 0) is 12.0 Å². The Labute approximate surface area is 151 Å². The Kier molecular flexibility index (Phi) is 4.71. The second kappa shape index (κ2) is 6.95. The van der Waals surface area contributed by atoms with E-state index in [0.29, 0.717) is 17.2 Å². The molecule has 0 aliphatic rings. The van der Waals surface area contributed by atoms with Crippen LogP contribution in [0.1, 0.15) is 32.2 Å². The van der Waals surface area contributed by atoms with E-state index in [2.05, 4.69) is 36.0 Å². The first-order valence-corrected chi connectivity index (χ1v) is 8.22. The number of hydrogen-bond acceptors (Lipinski definition) is 5. The van der Waals surface area contributed by atoms with Gasteiger partial charge in [0.05, 0.1) is 4.92 Å². The lowest BCUT2D eigenvalue weighted by Crippen LogP contribution is -2.10. The van der Waals surface area contributed by atoms with E-state index in [1.807, 2.05) is 24.3 Å². The number of hydrogen-bond donors (Lipinski definition) is 1. The Morgan fingerprint density at radius 3 is 2.54 bits per heavy atom. The van der Waals surface area contributed by atoms with Gasteiger partial charge in [0.25, 0.3) is 5.69 Å². The molecule has 0 fully saturated rings. The second-order valence-corrected chi connectivity index (χ2v) is 6.98. The molecule has 0 bridgehead atoms. The average Bonchev–Trinajstić information content (AvgIpc) is 3.09. The molecular weight excluding hydrogens is 332 g/mol. The lowest BCUT2D eigenvalue weighted by atomic mass is 9.87. The highest BCUT2D eigenvalue weighted by Gasteiger charge is 2.14. The van der Waals surface area contributed by atoms with E-state index in [9.17, 15) is 10.1 Å². The van der Waals surface area contributed by atoms with Crippen molar-refractivity contribution in [1.29, 1.82) is 0 Å². The number of H-pyrrole nitrogens is 1. The van der Waals surface area contributed by atoms with Crippen molar-refractivity contribution < 1.29 is 9.66 Å². The first-order chi connectivity index (χ1) is 12.3. The van der Waals surface area contributed by atoms with Crippen LogP contribution in [0.25, 0.3) is 11.4 Å². The third-order valence-electron chi connectivity index (χ3n) is 3.94. The van der Waals surface area contributed by atoms with Gasteiger partial charge in [-0.1, -0.05) is 45.0 Å². The van der Waals surface area contributed by atoms with Gasteiger partial charge in [-0.25, -0.2) is 4.98 Å². The van der Waals surface area contributed by atoms with Gasteiger partial charge in [-0.05, 0) is 23.1 Å². The zero-order chi connectivity index (χ0) is 18.7. The van der Waals surface area contributed by atoms with E-state index in [1.54, 1.807) is 12.1 Å². The molecule has 0 aliphatic heterocycles. The molecule has 0 aliphatic carbocycles.